The van der Waals surface area contributed by atoms with Crippen LogP contribution in [0.4, 0.5) is 13.2 Å². The summed E-state index contributed by atoms with van der Waals surface area (Å²) in [7, 11) is 0. The quantitative estimate of drug-likeness (QED) is 0.286. The Bertz CT molecular complexity index is 1240. The van der Waals surface area contributed by atoms with Gasteiger partial charge in [-0.25, -0.2) is 4.79 Å². The Labute approximate surface area is 184 Å². The largest absolute Gasteiger partial charge is 0.478 e. The molecule has 0 heterocycles. The number of carboxylic acids is 1. The van der Waals surface area contributed by atoms with Crippen LogP contribution in [0, 0.1) is 3.57 Å². The fourth-order valence-electron chi connectivity index (χ4n) is 3.39. The zero-order valence-corrected chi connectivity index (χ0v) is 17.5. The van der Waals surface area contributed by atoms with Gasteiger partial charge in [0.1, 0.15) is 0 Å². The van der Waals surface area contributed by atoms with Crippen LogP contribution < -0.4 is 0 Å². The molecule has 0 amide bonds. The molecule has 6 heteroatoms. The number of rotatable bonds is 3. The Balaban J connectivity index is 1.86. The highest BCUT2D eigenvalue weighted by Gasteiger charge is 2.30. The van der Waals surface area contributed by atoms with Crippen molar-refractivity contribution in [3.63, 3.8) is 0 Å². The van der Waals surface area contributed by atoms with Gasteiger partial charge in [0.25, 0.3) is 0 Å². The summed E-state index contributed by atoms with van der Waals surface area (Å²) in [5.74, 6) is -1.04. The van der Waals surface area contributed by atoms with Crippen molar-refractivity contribution in [1.29, 1.82) is 0 Å². The van der Waals surface area contributed by atoms with Gasteiger partial charge in [0.2, 0.25) is 0 Å². The van der Waals surface area contributed by atoms with E-state index in [0.717, 1.165) is 32.2 Å². The molecule has 0 spiro atoms. The van der Waals surface area contributed by atoms with Crippen molar-refractivity contribution in [1.82, 2.24) is 0 Å². The molecule has 4 rings (SSSR count). The van der Waals surface area contributed by atoms with Crippen LogP contribution in [0.15, 0.2) is 78.9 Å². The highest BCUT2D eigenvalue weighted by atomic mass is 127. The maximum Gasteiger partial charge on any atom is 0.416 e. The smallest absolute Gasteiger partial charge is 0.416 e. The standard InChI is InChI=1S/C24H14F3IO2/c25-24(26,27)19-6-1-14(2-7-19)16-5-10-21-17(11-16)12-18(23(29)30)13-22(21)15-3-8-20(28)9-4-15/h1-13H,(H,29,30). The van der Waals surface area contributed by atoms with Crippen LogP contribution in [0.1, 0.15) is 15.9 Å². The van der Waals surface area contributed by atoms with Crippen LogP contribution in [0.5, 0.6) is 0 Å². The maximum atomic E-state index is 12.8. The Morgan fingerprint density at radius 2 is 1.37 bits per heavy atom. The molecule has 0 fully saturated rings. The van der Waals surface area contributed by atoms with E-state index in [0.29, 0.717) is 16.5 Å². The first kappa shape index (κ1) is 20.4. The number of hydrogen-bond donors (Lipinski definition) is 1. The zero-order valence-electron chi connectivity index (χ0n) is 15.4. The van der Waals surface area contributed by atoms with Gasteiger partial charge in [0.15, 0.2) is 0 Å². The second kappa shape index (κ2) is 7.75. The van der Waals surface area contributed by atoms with Crippen LogP contribution in [0.2, 0.25) is 0 Å². The van der Waals surface area contributed by atoms with Gasteiger partial charge < -0.3 is 5.11 Å². The van der Waals surface area contributed by atoms with E-state index in [2.05, 4.69) is 22.6 Å². The fourth-order valence-corrected chi connectivity index (χ4v) is 3.75. The second-order valence-electron chi connectivity index (χ2n) is 6.85. The lowest BCUT2D eigenvalue weighted by molar-refractivity contribution is -0.137. The first-order chi connectivity index (χ1) is 14.2. The Morgan fingerprint density at radius 1 is 0.767 bits per heavy atom. The van der Waals surface area contributed by atoms with Crippen molar-refractivity contribution < 1.29 is 23.1 Å². The van der Waals surface area contributed by atoms with E-state index in [-0.39, 0.29) is 5.56 Å². The van der Waals surface area contributed by atoms with E-state index < -0.39 is 17.7 Å². The molecular weight excluding hydrogens is 504 g/mol. The second-order valence-corrected chi connectivity index (χ2v) is 8.09. The summed E-state index contributed by atoms with van der Waals surface area (Å²) in [5, 5.41) is 11.1. The molecule has 0 radical (unpaired) electrons. The third-order valence-corrected chi connectivity index (χ3v) is 5.62. The van der Waals surface area contributed by atoms with E-state index in [1.807, 2.05) is 36.4 Å². The lowest BCUT2D eigenvalue weighted by Crippen LogP contribution is -2.03. The van der Waals surface area contributed by atoms with Gasteiger partial charge in [-0.3, -0.25) is 0 Å². The van der Waals surface area contributed by atoms with Crippen LogP contribution in [0.25, 0.3) is 33.0 Å². The third kappa shape index (κ3) is 4.05. The Kier molecular flexibility index (Phi) is 5.27. The molecule has 0 aliphatic rings. The predicted octanol–water partition coefficient (Wildman–Crippen LogP) is 7.50. The van der Waals surface area contributed by atoms with E-state index in [9.17, 15) is 23.1 Å². The SMILES string of the molecule is O=C(O)c1cc(-c2ccc(I)cc2)c2ccc(-c3ccc(C(F)(F)F)cc3)cc2c1. The number of hydrogen-bond acceptors (Lipinski definition) is 1. The number of alkyl halides is 3. The van der Waals surface area contributed by atoms with Gasteiger partial charge in [-0.05, 0) is 98.1 Å². The maximum absolute atomic E-state index is 12.8. The molecule has 2 nitrogen and oxygen atoms in total. The molecule has 1 N–H and O–H groups in total. The highest BCUT2D eigenvalue weighted by molar-refractivity contribution is 14.1. The molecule has 0 saturated heterocycles. The summed E-state index contributed by atoms with van der Waals surface area (Å²) in [6.45, 7) is 0. The van der Waals surface area contributed by atoms with Crippen molar-refractivity contribution in [2.24, 2.45) is 0 Å². The first-order valence-electron chi connectivity index (χ1n) is 8.97. The molecule has 30 heavy (non-hydrogen) atoms. The summed E-state index contributed by atoms with van der Waals surface area (Å²) >= 11 is 2.20. The molecule has 0 aliphatic carbocycles. The Hall–Kier alpha value is -2.87. The summed E-state index contributed by atoms with van der Waals surface area (Å²) in [6.07, 6.45) is -4.39. The lowest BCUT2D eigenvalue weighted by Gasteiger charge is -2.12. The average molecular weight is 518 g/mol. The predicted molar refractivity (Wildman–Crippen MR) is 119 cm³/mol. The van der Waals surface area contributed by atoms with E-state index >= 15 is 0 Å². The molecular formula is C24H14F3IO2. The zero-order chi connectivity index (χ0) is 21.5. The molecule has 0 unspecified atom stereocenters. The number of fused-ring (bicyclic) bond motifs is 1. The van der Waals surface area contributed by atoms with Crippen LogP contribution in [0.3, 0.4) is 0 Å². The van der Waals surface area contributed by atoms with Crippen molar-refractivity contribution in [2.75, 3.05) is 0 Å². The third-order valence-electron chi connectivity index (χ3n) is 4.90. The minimum atomic E-state index is -4.39. The molecule has 150 valence electrons. The molecule has 4 aromatic rings. The normalized spacial score (nSPS) is 11.6. The number of halogens is 4. The average Bonchev–Trinajstić information content (AvgIpc) is 2.72. The number of carbonyl (C=O) groups is 1. The van der Waals surface area contributed by atoms with Gasteiger partial charge in [-0.1, -0.05) is 36.4 Å². The van der Waals surface area contributed by atoms with Crippen LogP contribution in [-0.2, 0) is 6.18 Å². The molecule has 0 aromatic heterocycles. The summed E-state index contributed by atoms with van der Waals surface area (Å²) in [4.78, 5) is 11.7. The van der Waals surface area contributed by atoms with E-state index in [4.69, 9.17) is 0 Å². The van der Waals surface area contributed by atoms with Gasteiger partial charge in [0, 0.05) is 3.57 Å². The van der Waals surface area contributed by atoms with Crippen LogP contribution >= 0.6 is 22.6 Å². The fraction of sp³-hybridized carbons (Fsp3) is 0.0417. The van der Waals surface area contributed by atoms with Crippen LogP contribution in [-0.4, -0.2) is 11.1 Å². The summed E-state index contributed by atoms with van der Waals surface area (Å²) in [5.41, 5.74) is 2.47. The summed E-state index contributed by atoms with van der Waals surface area (Å²) in [6, 6.07) is 21.5. The number of benzene rings is 4. The van der Waals surface area contributed by atoms with Gasteiger partial charge >= 0.3 is 12.1 Å². The molecule has 4 aromatic carbocycles. The van der Waals surface area contributed by atoms with Gasteiger partial charge in [-0.15, -0.1) is 0 Å². The summed E-state index contributed by atoms with van der Waals surface area (Å²) < 4.78 is 39.5. The first-order valence-corrected chi connectivity index (χ1v) is 10.0. The topological polar surface area (TPSA) is 37.3 Å². The van der Waals surface area contributed by atoms with Gasteiger partial charge in [-0.2, -0.15) is 13.2 Å². The molecule has 0 aliphatic heterocycles. The van der Waals surface area contributed by atoms with Crippen molar-refractivity contribution >= 4 is 39.3 Å². The molecule has 0 atom stereocenters. The van der Waals surface area contributed by atoms with Crippen molar-refractivity contribution in [2.45, 2.75) is 6.18 Å². The van der Waals surface area contributed by atoms with Gasteiger partial charge in [0.05, 0.1) is 11.1 Å². The van der Waals surface area contributed by atoms with Crippen molar-refractivity contribution in [3.8, 4) is 22.3 Å². The molecule has 0 saturated carbocycles. The van der Waals surface area contributed by atoms with E-state index in [1.165, 1.54) is 12.1 Å². The molecule has 0 bridgehead atoms. The minimum absolute atomic E-state index is 0.153. The Morgan fingerprint density at radius 3 is 1.97 bits per heavy atom. The minimum Gasteiger partial charge on any atom is -0.478 e. The van der Waals surface area contributed by atoms with E-state index in [1.54, 1.807) is 18.2 Å². The lowest BCUT2D eigenvalue weighted by atomic mass is 9.93. The number of aromatic carboxylic acids is 1. The van der Waals surface area contributed by atoms with Crippen molar-refractivity contribution in [3.05, 3.63) is 93.6 Å². The monoisotopic (exact) mass is 518 g/mol. The highest BCUT2D eigenvalue weighted by Crippen LogP contribution is 2.35. The number of carboxylic acid groups (broad SMARTS) is 1.